The van der Waals surface area contributed by atoms with Gasteiger partial charge in [-0.15, -0.1) is 0 Å². The molecule has 0 bridgehead atoms. The third-order valence-electron chi connectivity index (χ3n) is 3.41. The molecule has 0 spiro atoms. The van der Waals surface area contributed by atoms with Crippen LogP contribution in [0.15, 0.2) is 52.2 Å². The Bertz CT molecular complexity index is 884. The second-order valence-corrected chi connectivity index (χ2v) is 4.95. The standard InChI is InChI=1S/C17H16N4O4/c1-23-11-5-6-16(24-2)13(8-11)14-9-15(20-19-14)17(22)21-18-10-12-4-3-7-25-12/h3-10H,1-2H3,(H,19,20)(H,21,22)/b18-10+. The molecule has 8 heteroatoms. The lowest BCUT2D eigenvalue weighted by Gasteiger charge is -2.08. The molecule has 0 aliphatic rings. The van der Waals surface area contributed by atoms with E-state index in [1.54, 1.807) is 50.6 Å². The molecule has 0 saturated heterocycles. The predicted octanol–water partition coefficient (Wildman–Crippen LogP) is 2.45. The van der Waals surface area contributed by atoms with E-state index in [1.165, 1.54) is 12.5 Å². The molecule has 8 nitrogen and oxygen atoms in total. The first kappa shape index (κ1) is 16.3. The minimum atomic E-state index is -0.427. The van der Waals surface area contributed by atoms with Gasteiger partial charge in [0.1, 0.15) is 23.0 Å². The van der Waals surface area contributed by atoms with Crippen molar-refractivity contribution in [2.75, 3.05) is 14.2 Å². The molecule has 0 atom stereocenters. The Balaban J connectivity index is 1.77. The van der Waals surface area contributed by atoms with Crippen molar-refractivity contribution >= 4 is 12.1 Å². The number of rotatable bonds is 6. The smallest absolute Gasteiger partial charge is 0.289 e. The molecule has 25 heavy (non-hydrogen) atoms. The van der Waals surface area contributed by atoms with Crippen LogP contribution >= 0.6 is 0 Å². The Morgan fingerprint density at radius 1 is 1.28 bits per heavy atom. The summed E-state index contributed by atoms with van der Waals surface area (Å²) in [6.45, 7) is 0. The first-order valence-corrected chi connectivity index (χ1v) is 7.36. The number of nitrogens with one attached hydrogen (secondary N) is 2. The quantitative estimate of drug-likeness (QED) is 0.530. The highest BCUT2D eigenvalue weighted by molar-refractivity contribution is 5.94. The average molecular weight is 340 g/mol. The van der Waals surface area contributed by atoms with Gasteiger partial charge in [0.05, 0.1) is 32.4 Å². The van der Waals surface area contributed by atoms with E-state index in [-0.39, 0.29) is 5.69 Å². The second kappa shape index (κ2) is 7.35. The van der Waals surface area contributed by atoms with E-state index in [4.69, 9.17) is 13.9 Å². The summed E-state index contributed by atoms with van der Waals surface area (Å²) < 4.78 is 15.6. The lowest BCUT2D eigenvalue weighted by molar-refractivity contribution is 0.0950. The van der Waals surface area contributed by atoms with Gasteiger partial charge < -0.3 is 13.9 Å². The number of hydrazone groups is 1. The van der Waals surface area contributed by atoms with Crippen LogP contribution in [-0.4, -0.2) is 36.5 Å². The van der Waals surface area contributed by atoms with Gasteiger partial charge >= 0.3 is 0 Å². The zero-order valence-electron chi connectivity index (χ0n) is 13.6. The Kier molecular flexibility index (Phi) is 4.79. The van der Waals surface area contributed by atoms with Crippen LogP contribution in [-0.2, 0) is 0 Å². The molecule has 2 aromatic heterocycles. The number of hydrogen-bond acceptors (Lipinski definition) is 6. The van der Waals surface area contributed by atoms with E-state index in [0.717, 1.165) is 0 Å². The monoisotopic (exact) mass is 340 g/mol. The number of furan rings is 1. The summed E-state index contributed by atoms with van der Waals surface area (Å²) in [5.41, 5.74) is 3.91. The number of aromatic amines is 1. The fraction of sp³-hybridized carbons (Fsp3) is 0.118. The first-order valence-electron chi connectivity index (χ1n) is 7.36. The lowest BCUT2D eigenvalue weighted by atomic mass is 10.1. The molecule has 2 heterocycles. The van der Waals surface area contributed by atoms with Gasteiger partial charge in [0, 0.05) is 5.56 Å². The maximum Gasteiger partial charge on any atom is 0.289 e. The molecular formula is C17H16N4O4. The van der Waals surface area contributed by atoms with Crippen LogP contribution in [0, 0.1) is 0 Å². The van der Waals surface area contributed by atoms with Crippen molar-refractivity contribution in [3.8, 4) is 22.8 Å². The first-order chi connectivity index (χ1) is 12.2. The van der Waals surface area contributed by atoms with Crippen molar-refractivity contribution in [1.29, 1.82) is 0 Å². The van der Waals surface area contributed by atoms with Crippen LogP contribution in [0.2, 0.25) is 0 Å². The Morgan fingerprint density at radius 3 is 2.88 bits per heavy atom. The summed E-state index contributed by atoms with van der Waals surface area (Å²) in [5, 5.41) is 10.7. The topological polar surface area (TPSA) is 102 Å². The van der Waals surface area contributed by atoms with Crippen LogP contribution in [0.1, 0.15) is 16.2 Å². The maximum atomic E-state index is 12.1. The zero-order chi connectivity index (χ0) is 17.6. The van der Waals surface area contributed by atoms with Crippen molar-refractivity contribution in [3.63, 3.8) is 0 Å². The van der Waals surface area contributed by atoms with E-state index in [0.29, 0.717) is 28.5 Å². The fourth-order valence-electron chi connectivity index (χ4n) is 2.17. The van der Waals surface area contributed by atoms with Gasteiger partial charge in [0.15, 0.2) is 0 Å². The highest BCUT2D eigenvalue weighted by Gasteiger charge is 2.14. The lowest BCUT2D eigenvalue weighted by Crippen LogP contribution is -2.17. The summed E-state index contributed by atoms with van der Waals surface area (Å²) in [6, 6.07) is 10.4. The number of ether oxygens (including phenoxy) is 2. The molecule has 0 aliphatic carbocycles. The van der Waals surface area contributed by atoms with Crippen molar-refractivity contribution < 1.29 is 18.7 Å². The van der Waals surface area contributed by atoms with Gasteiger partial charge in [0.2, 0.25) is 0 Å². The zero-order valence-corrected chi connectivity index (χ0v) is 13.6. The highest BCUT2D eigenvalue weighted by atomic mass is 16.5. The van der Waals surface area contributed by atoms with Crippen molar-refractivity contribution in [2.24, 2.45) is 5.10 Å². The summed E-state index contributed by atoms with van der Waals surface area (Å²) >= 11 is 0. The third kappa shape index (κ3) is 3.69. The number of carbonyl (C=O) groups excluding carboxylic acids is 1. The molecule has 2 N–H and O–H groups in total. The molecule has 0 saturated carbocycles. The Morgan fingerprint density at radius 2 is 2.16 bits per heavy atom. The summed E-state index contributed by atoms with van der Waals surface area (Å²) in [5.74, 6) is 1.39. The van der Waals surface area contributed by atoms with Crippen molar-refractivity contribution in [1.82, 2.24) is 15.6 Å². The minimum absolute atomic E-state index is 0.261. The fourth-order valence-corrected chi connectivity index (χ4v) is 2.17. The number of benzene rings is 1. The van der Waals surface area contributed by atoms with E-state index >= 15 is 0 Å². The molecule has 128 valence electrons. The largest absolute Gasteiger partial charge is 0.497 e. The second-order valence-electron chi connectivity index (χ2n) is 4.95. The number of H-pyrrole nitrogens is 1. The molecule has 0 fully saturated rings. The van der Waals surface area contributed by atoms with Gasteiger partial charge in [-0.1, -0.05) is 0 Å². The van der Waals surface area contributed by atoms with Gasteiger partial charge in [-0.05, 0) is 36.4 Å². The molecule has 0 radical (unpaired) electrons. The third-order valence-corrected chi connectivity index (χ3v) is 3.41. The van der Waals surface area contributed by atoms with E-state index in [2.05, 4.69) is 20.7 Å². The Labute approximate surface area is 143 Å². The minimum Gasteiger partial charge on any atom is -0.497 e. The molecule has 1 amide bonds. The number of aromatic nitrogens is 2. The van der Waals surface area contributed by atoms with Crippen LogP contribution in [0.4, 0.5) is 0 Å². The average Bonchev–Trinajstić information content (AvgIpc) is 3.33. The Hall–Kier alpha value is -3.55. The maximum absolute atomic E-state index is 12.1. The number of methoxy groups -OCH3 is 2. The molecule has 0 aliphatic heterocycles. The van der Waals surface area contributed by atoms with Crippen LogP contribution in [0.5, 0.6) is 11.5 Å². The summed E-state index contributed by atoms with van der Waals surface area (Å²) in [6.07, 6.45) is 2.92. The number of amides is 1. The van der Waals surface area contributed by atoms with Gasteiger partial charge in [-0.25, -0.2) is 5.43 Å². The van der Waals surface area contributed by atoms with Crippen LogP contribution in [0.25, 0.3) is 11.3 Å². The summed E-state index contributed by atoms with van der Waals surface area (Å²) in [7, 11) is 3.14. The predicted molar refractivity (Wildman–Crippen MR) is 90.9 cm³/mol. The highest BCUT2D eigenvalue weighted by Crippen LogP contribution is 2.32. The summed E-state index contributed by atoms with van der Waals surface area (Å²) in [4.78, 5) is 12.1. The van der Waals surface area contributed by atoms with Gasteiger partial charge in [-0.2, -0.15) is 10.2 Å². The molecule has 3 rings (SSSR count). The van der Waals surface area contributed by atoms with Gasteiger partial charge in [-0.3, -0.25) is 9.89 Å². The van der Waals surface area contributed by atoms with Gasteiger partial charge in [0.25, 0.3) is 5.91 Å². The van der Waals surface area contributed by atoms with E-state index < -0.39 is 5.91 Å². The van der Waals surface area contributed by atoms with E-state index in [9.17, 15) is 4.79 Å². The normalized spacial score (nSPS) is 10.8. The van der Waals surface area contributed by atoms with Crippen LogP contribution in [0.3, 0.4) is 0 Å². The number of nitrogens with zero attached hydrogens (tertiary/aromatic N) is 2. The molecule has 1 aromatic carbocycles. The SMILES string of the molecule is COc1ccc(OC)c(-c2cc(C(=O)N/N=C/c3ccco3)[nH]n2)c1. The molecule has 0 unspecified atom stereocenters. The molecular weight excluding hydrogens is 324 g/mol. The van der Waals surface area contributed by atoms with E-state index in [1.807, 2.05) is 0 Å². The van der Waals surface area contributed by atoms with Crippen molar-refractivity contribution in [3.05, 3.63) is 54.1 Å². The van der Waals surface area contributed by atoms with Crippen molar-refractivity contribution in [2.45, 2.75) is 0 Å². The number of carbonyl (C=O) groups is 1. The number of hydrogen-bond donors (Lipinski definition) is 2. The molecule has 3 aromatic rings. The van der Waals surface area contributed by atoms with Crippen LogP contribution < -0.4 is 14.9 Å².